The molecule has 0 aliphatic carbocycles. The number of nitrogens with one attached hydrogen (secondary N) is 2. The quantitative estimate of drug-likeness (QED) is 0.857. The van der Waals surface area contributed by atoms with Crippen LogP contribution in [0.4, 0.5) is 5.69 Å². The highest BCUT2D eigenvalue weighted by molar-refractivity contribution is 9.11. The third-order valence-electron chi connectivity index (χ3n) is 3.37. The number of hydrogen-bond acceptors (Lipinski definition) is 3. The average molecular weight is 372 g/mol. The summed E-state index contributed by atoms with van der Waals surface area (Å²) >= 11 is 11.5. The minimum atomic E-state index is 0.0195. The van der Waals surface area contributed by atoms with Gasteiger partial charge in [-0.2, -0.15) is 0 Å². The van der Waals surface area contributed by atoms with Gasteiger partial charge in [0, 0.05) is 10.7 Å². The van der Waals surface area contributed by atoms with E-state index in [4.69, 9.17) is 11.6 Å². The minimum absolute atomic E-state index is 0.0195. The molecule has 1 unspecified atom stereocenters. The molecule has 3 rings (SSSR count). The molecule has 104 valence electrons. The van der Waals surface area contributed by atoms with E-state index < -0.39 is 0 Å². The lowest BCUT2D eigenvalue weighted by atomic mass is 9.98. The lowest BCUT2D eigenvalue weighted by molar-refractivity contribution is -0.115. The molecule has 0 saturated heterocycles. The molecule has 3 nitrogen and oxygen atoms in total. The number of fused-ring (bicyclic) bond motifs is 1. The third-order valence-corrected chi connectivity index (χ3v) is 5.22. The van der Waals surface area contributed by atoms with Gasteiger partial charge in [-0.05, 0) is 63.2 Å². The molecule has 0 fully saturated rings. The van der Waals surface area contributed by atoms with Gasteiger partial charge in [-0.1, -0.05) is 11.6 Å². The maximum absolute atomic E-state index is 11.5. The van der Waals surface area contributed by atoms with Gasteiger partial charge >= 0.3 is 0 Å². The van der Waals surface area contributed by atoms with Crippen LogP contribution in [0.1, 0.15) is 22.7 Å². The highest BCUT2D eigenvalue weighted by Crippen LogP contribution is 2.36. The van der Waals surface area contributed by atoms with Crippen LogP contribution in [0.3, 0.4) is 0 Å². The van der Waals surface area contributed by atoms with E-state index in [0.717, 1.165) is 26.2 Å². The third kappa shape index (κ3) is 2.51. The maximum Gasteiger partial charge on any atom is 0.228 e. The number of amides is 1. The first kappa shape index (κ1) is 14.1. The Balaban J connectivity index is 2.05. The molecule has 6 heteroatoms. The smallest absolute Gasteiger partial charge is 0.228 e. The van der Waals surface area contributed by atoms with Crippen molar-refractivity contribution in [2.45, 2.75) is 12.5 Å². The number of benzene rings is 1. The minimum Gasteiger partial charge on any atom is -0.325 e. The molecule has 1 amide bonds. The first-order valence-electron chi connectivity index (χ1n) is 6.12. The van der Waals surface area contributed by atoms with E-state index in [9.17, 15) is 4.79 Å². The van der Waals surface area contributed by atoms with Crippen molar-refractivity contribution in [3.63, 3.8) is 0 Å². The second kappa shape index (κ2) is 5.48. The zero-order valence-electron chi connectivity index (χ0n) is 10.7. The molecule has 2 N–H and O–H groups in total. The van der Waals surface area contributed by atoms with E-state index in [0.29, 0.717) is 11.4 Å². The summed E-state index contributed by atoms with van der Waals surface area (Å²) in [5.74, 6) is 0.0208. The lowest BCUT2D eigenvalue weighted by Gasteiger charge is -2.18. The predicted octanol–water partition coefficient (Wildman–Crippen LogP) is 3.97. The first-order valence-corrected chi connectivity index (χ1v) is 8.17. The Morgan fingerprint density at radius 2 is 2.25 bits per heavy atom. The van der Waals surface area contributed by atoms with Crippen LogP contribution in [0.2, 0.25) is 5.02 Å². The van der Waals surface area contributed by atoms with Gasteiger partial charge in [0.1, 0.15) is 0 Å². The van der Waals surface area contributed by atoms with E-state index in [2.05, 4.69) is 38.0 Å². The van der Waals surface area contributed by atoms with Crippen molar-refractivity contribution in [2.75, 3.05) is 12.4 Å². The SMILES string of the molecule is CNC(c1csc(Br)c1)c1cc2c(cc1Cl)NC(=O)C2. The number of thiophene rings is 1. The van der Waals surface area contributed by atoms with E-state index in [1.54, 1.807) is 11.3 Å². The maximum atomic E-state index is 11.5. The van der Waals surface area contributed by atoms with Gasteiger partial charge in [0.15, 0.2) is 0 Å². The summed E-state index contributed by atoms with van der Waals surface area (Å²) in [6.07, 6.45) is 0.420. The van der Waals surface area contributed by atoms with Gasteiger partial charge in [-0.15, -0.1) is 11.3 Å². The van der Waals surface area contributed by atoms with Gasteiger partial charge in [0.25, 0.3) is 0 Å². The topological polar surface area (TPSA) is 41.1 Å². The molecule has 1 aromatic carbocycles. The lowest BCUT2D eigenvalue weighted by Crippen LogP contribution is -2.17. The molecule has 0 saturated carbocycles. The normalized spacial score (nSPS) is 15.1. The summed E-state index contributed by atoms with van der Waals surface area (Å²) in [6.45, 7) is 0. The largest absolute Gasteiger partial charge is 0.325 e. The first-order chi connectivity index (χ1) is 9.58. The van der Waals surface area contributed by atoms with Crippen LogP contribution < -0.4 is 10.6 Å². The van der Waals surface area contributed by atoms with Crippen LogP contribution in [0.5, 0.6) is 0 Å². The predicted molar refractivity (Wildman–Crippen MR) is 86.7 cm³/mol. The fourth-order valence-electron chi connectivity index (χ4n) is 2.46. The molecule has 2 heterocycles. The van der Waals surface area contributed by atoms with E-state index in [1.807, 2.05) is 19.2 Å². The van der Waals surface area contributed by atoms with Crippen LogP contribution in [0.15, 0.2) is 27.4 Å². The van der Waals surface area contributed by atoms with Crippen LogP contribution >= 0.6 is 38.9 Å². The number of anilines is 1. The summed E-state index contributed by atoms with van der Waals surface area (Å²) < 4.78 is 1.09. The molecule has 1 aliphatic rings. The van der Waals surface area contributed by atoms with Crippen LogP contribution in [-0.4, -0.2) is 13.0 Å². The Morgan fingerprint density at radius 1 is 1.45 bits per heavy atom. The summed E-state index contributed by atoms with van der Waals surface area (Å²) in [6, 6.07) is 5.95. The summed E-state index contributed by atoms with van der Waals surface area (Å²) in [7, 11) is 1.91. The molecule has 0 radical (unpaired) electrons. The molecular formula is C14H12BrClN2OS. The molecule has 0 bridgehead atoms. The Hall–Kier alpha value is -0.880. The summed E-state index contributed by atoms with van der Waals surface area (Å²) in [5.41, 5.74) is 3.98. The van der Waals surface area contributed by atoms with E-state index >= 15 is 0 Å². The van der Waals surface area contributed by atoms with Crippen molar-refractivity contribution in [2.24, 2.45) is 0 Å². The highest BCUT2D eigenvalue weighted by atomic mass is 79.9. The van der Waals surface area contributed by atoms with E-state index in [-0.39, 0.29) is 11.9 Å². The number of hydrogen-bond donors (Lipinski definition) is 2. The Kier molecular flexibility index (Phi) is 3.86. The van der Waals surface area contributed by atoms with Gasteiger partial charge in [0.05, 0.1) is 16.2 Å². The van der Waals surface area contributed by atoms with Crippen molar-refractivity contribution < 1.29 is 4.79 Å². The van der Waals surface area contributed by atoms with Gasteiger partial charge in [0.2, 0.25) is 5.91 Å². The molecule has 0 spiro atoms. The summed E-state index contributed by atoms with van der Waals surface area (Å²) in [5, 5.41) is 8.86. The molecule has 1 atom stereocenters. The molecule has 1 aromatic heterocycles. The Morgan fingerprint density at radius 3 is 2.90 bits per heavy atom. The van der Waals surface area contributed by atoms with Crippen LogP contribution in [0.25, 0.3) is 0 Å². The van der Waals surface area contributed by atoms with Gasteiger partial charge < -0.3 is 10.6 Å². The zero-order valence-corrected chi connectivity index (χ0v) is 13.8. The Labute approximate surface area is 134 Å². The zero-order chi connectivity index (χ0) is 14.3. The second-order valence-electron chi connectivity index (χ2n) is 4.66. The second-order valence-corrected chi connectivity index (χ2v) is 7.36. The number of halogens is 2. The fourth-order valence-corrected chi connectivity index (χ4v) is 3.94. The average Bonchev–Trinajstić information content (AvgIpc) is 2.96. The number of carbonyl (C=O) groups is 1. The molecular weight excluding hydrogens is 360 g/mol. The van der Waals surface area contributed by atoms with Crippen molar-refractivity contribution in [3.05, 3.63) is 49.1 Å². The van der Waals surface area contributed by atoms with Crippen LogP contribution in [-0.2, 0) is 11.2 Å². The van der Waals surface area contributed by atoms with Crippen LogP contribution in [0, 0.1) is 0 Å². The molecule has 20 heavy (non-hydrogen) atoms. The number of carbonyl (C=O) groups excluding carboxylic acids is 1. The van der Waals surface area contributed by atoms with Crippen molar-refractivity contribution >= 4 is 50.5 Å². The standard InChI is InChI=1S/C14H12BrClN2OS/c1-17-14(8-3-12(15)20-6-8)9-2-7-4-13(19)18-11(7)5-10(9)16/h2-3,5-6,14,17H,4H2,1H3,(H,18,19). The van der Waals surface area contributed by atoms with Crippen molar-refractivity contribution in [1.82, 2.24) is 5.32 Å². The molecule has 2 aromatic rings. The van der Waals surface area contributed by atoms with Crippen molar-refractivity contribution in [1.29, 1.82) is 0 Å². The Bertz CT molecular complexity index is 686. The highest BCUT2D eigenvalue weighted by Gasteiger charge is 2.23. The monoisotopic (exact) mass is 370 g/mol. The summed E-state index contributed by atoms with van der Waals surface area (Å²) in [4.78, 5) is 11.5. The number of rotatable bonds is 3. The fraction of sp³-hybridized carbons (Fsp3) is 0.214. The molecule has 1 aliphatic heterocycles. The van der Waals surface area contributed by atoms with Gasteiger partial charge in [-0.3, -0.25) is 4.79 Å². The van der Waals surface area contributed by atoms with E-state index in [1.165, 1.54) is 0 Å². The van der Waals surface area contributed by atoms with Crippen molar-refractivity contribution in [3.8, 4) is 0 Å². The van der Waals surface area contributed by atoms with Gasteiger partial charge in [-0.25, -0.2) is 0 Å².